The summed E-state index contributed by atoms with van der Waals surface area (Å²) in [7, 11) is 0. The average Bonchev–Trinajstić information content (AvgIpc) is 2.04. The van der Waals surface area contributed by atoms with Crippen molar-refractivity contribution in [2.24, 2.45) is 0 Å². The maximum atomic E-state index is 5.67. The van der Waals surface area contributed by atoms with Crippen molar-refractivity contribution in [2.75, 3.05) is 11.9 Å². The lowest BCUT2D eigenvalue weighted by molar-refractivity contribution is 0.866. The number of hydrogen-bond acceptors (Lipinski definition) is 4. The van der Waals surface area contributed by atoms with Gasteiger partial charge in [0.1, 0.15) is 5.69 Å². The minimum atomic E-state index is 0.205. The lowest BCUT2D eigenvalue weighted by Crippen LogP contribution is -2.02. The SMILES string of the molecule is C=CCNc1c(Cl)nnnc1Cl. The Kier molecular flexibility index (Phi) is 3.25. The van der Waals surface area contributed by atoms with E-state index in [9.17, 15) is 0 Å². The highest BCUT2D eigenvalue weighted by molar-refractivity contribution is 6.37. The second-order valence-corrected chi connectivity index (χ2v) is 2.63. The summed E-state index contributed by atoms with van der Waals surface area (Å²) in [6.07, 6.45) is 1.67. The molecule has 1 aromatic heterocycles. The van der Waals surface area contributed by atoms with Gasteiger partial charge in [-0.3, -0.25) is 0 Å². The molecule has 0 amide bonds. The summed E-state index contributed by atoms with van der Waals surface area (Å²) in [6.45, 7) is 4.08. The van der Waals surface area contributed by atoms with E-state index >= 15 is 0 Å². The number of rotatable bonds is 3. The van der Waals surface area contributed by atoms with E-state index in [1.54, 1.807) is 6.08 Å². The summed E-state index contributed by atoms with van der Waals surface area (Å²) in [5, 5.41) is 13.6. The first-order chi connectivity index (χ1) is 5.75. The Balaban J connectivity index is 2.88. The molecule has 1 N–H and O–H groups in total. The molecule has 0 aliphatic heterocycles. The molecule has 0 aromatic carbocycles. The highest BCUT2D eigenvalue weighted by Gasteiger charge is 2.06. The third-order valence-corrected chi connectivity index (χ3v) is 1.63. The molecule has 4 nitrogen and oxygen atoms in total. The molecule has 1 aromatic rings. The molecule has 1 heterocycles. The standard InChI is InChI=1S/C6H6Cl2N4/c1-2-3-9-4-5(7)10-12-11-6(4)8/h2H,1,3H2,(H,9,12). The zero-order chi connectivity index (χ0) is 8.97. The first kappa shape index (κ1) is 9.22. The maximum Gasteiger partial charge on any atom is 0.179 e. The normalized spacial score (nSPS) is 9.50. The van der Waals surface area contributed by atoms with Crippen molar-refractivity contribution >= 4 is 28.9 Å². The van der Waals surface area contributed by atoms with Crippen LogP contribution in [0, 0.1) is 0 Å². The van der Waals surface area contributed by atoms with E-state index in [4.69, 9.17) is 23.2 Å². The van der Waals surface area contributed by atoms with Crippen LogP contribution in [0.2, 0.25) is 10.3 Å². The van der Waals surface area contributed by atoms with Crippen LogP contribution in [0.4, 0.5) is 5.69 Å². The lowest BCUT2D eigenvalue weighted by Gasteiger charge is -2.03. The Morgan fingerprint density at radius 3 is 2.42 bits per heavy atom. The number of aromatic nitrogens is 3. The van der Waals surface area contributed by atoms with Crippen molar-refractivity contribution in [3.05, 3.63) is 23.0 Å². The molecule has 0 aliphatic carbocycles. The Hall–Kier alpha value is -0.870. The van der Waals surface area contributed by atoms with Gasteiger partial charge in [-0.15, -0.1) is 16.8 Å². The molecule has 0 saturated heterocycles. The second kappa shape index (κ2) is 4.23. The summed E-state index contributed by atoms with van der Waals surface area (Å²) in [4.78, 5) is 0. The number of nitrogens with zero attached hydrogens (tertiary/aromatic N) is 3. The van der Waals surface area contributed by atoms with Gasteiger partial charge in [0, 0.05) is 6.54 Å². The molecule has 0 aliphatic rings. The summed E-state index contributed by atoms with van der Waals surface area (Å²) in [6, 6.07) is 0. The molecular weight excluding hydrogens is 199 g/mol. The van der Waals surface area contributed by atoms with Crippen LogP contribution in [0.1, 0.15) is 0 Å². The van der Waals surface area contributed by atoms with E-state index in [0.717, 1.165) is 0 Å². The monoisotopic (exact) mass is 204 g/mol. The van der Waals surface area contributed by atoms with E-state index < -0.39 is 0 Å². The van der Waals surface area contributed by atoms with Crippen LogP contribution in [0.25, 0.3) is 0 Å². The third kappa shape index (κ3) is 2.06. The van der Waals surface area contributed by atoms with Crippen molar-refractivity contribution in [2.45, 2.75) is 0 Å². The fraction of sp³-hybridized carbons (Fsp3) is 0.167. The second-order valence-electron chi connectivity index (χ2n) is 1.92. The van der Waals surface area contributed by atoms with Crippen molar-refractivity contribution < 1.29 is 0 Å². The van der Waals surface area contributed by atoms with E-state index in [0.29, 0.717) is 12.2 Å². The van der Waals surface area contributed by atoms with Crippen molar-refractivity contribution in [3.8, 4) is 0 Å². The molecule has 0 saturated carbocycles. The van der Waals surface area contributed by atoms with Crippen LogP contribution in [0.5, 0.6) is 0 Å². The highest BCUT2D eigenvalue weighted by Crippen LogP contribution is 2.24. The Bertz CT molecular complexity index is 269. The third-order valence-electron chi connectivity index (χ3n) is 1.10. The largest absolute Gasteiger partial charge is 0.376 e. The molecule has 12 heavy (non-hydrogen) atoms. The summed E-state index contributed by atoms with van der Waals surface area (Å²) < 4.78 is 0. The zero-order valence-corrected chi connectivity index (χ0v) is 7.60. The molecule has 64 valence electrons. The van der Waals surface area contributed by atoms with Crippen LogP contribution in [-0.2, 0) is 0 Å². The summed E-state index contributed by atoms with van der Waals surface area (Å²) in [5.74, 6) is 0. The number of hydrogen-bond donors (Lipinski definition) is 1. The number of halogens is 2. The predicted molar refractivity (Wildman–Crippen MR) is 48.5 cm³/mol. The first-order valence-electron chi connectivity index (χ1n) is 3.15. The van der Waals surface area contributed by atoms with Crippen molar-refractivity contribution in [1.82, 2.24) is 15.4 Å². The van der Waals surface area contributed by atoms with Gasteiger partial charge >= 0.3 is 0 Å². The van der Waals surface area contributed by atoms with Crippen molar-refractivity contribution in [3.63, 3.8) is 0 Å². The van der Waals surface area contributed by atoms with Crippen LogP contribution in [0.3, 0.4) is 0 Å². The zero-order valence-electron chi connectivity index (χ0n) is 6.09. The summed E-state index contributed by atoms with van der Waals surface area (Å²) >= 11 is 11.3. The minimum Gasteiger partial charge on any atom is -0.376 e. The molecule has 0 atom stereocenters. The maximum absolute atomic E-state index is 5.67. The van der Waals surface area contributed by atoms with Gasteiger partial charge in [0.2, 0.25) is 0 Å². The van der Waals surface area contributed by atoms with Crippen molar-refractivity contribution in [1.29, 1.82) is 0 Å². The molecule has 0 fully saturated rings. The molecule has 0 bridgehead atoms. The van der Waals surface area contributed by atoms with Gasteiger partial charge in [-0.05, 0) is 5.21 Å². The van der Waals surface area contributed by atoms with Gasteiger partial charge in [0.05, 0.1) is 0 Å². The van der Waals surface area contributed by atoms with Gasteiger partial charge in [-0.2, -0.15) is 0 Å². The fourth-order valence-electron chi connectivity index (χ4n) is 0.606. The van der Waals surface area contributed by atoms with Gasteiger partial charge in [0.25, 0.3) is 0 Å². The minimum absolute atomic E-state index is 0.205. The predicted octanol–water partition coefficient (Wildman–Crippen LogP) is 1.78. The quantitative estimate of drug-likeness (QED) is 0.764. The topological polar surface area (TPSA) is 50.7 Å². The molecule has 0 spiro atoms. The summed E-state index contributed by atoms with van der Waals surface area (Å²) in [5.41, 5.74) is 0.480. The highest BCUT2D eigenvalue weighted by atomic mass is 35.5. The van der Waals surface area contributed by atoms with E-state index in [-0.39, 0.29) is 10.3 Å². The van der Waals surface area contributed by atoms with Gasteiger partial charge in [-0.1, -0.05) is 29.3 Å². The Labute approximate surface area is 79.6 Å². The number of anilines is 1. The van der Waals surface area contributed by atoms with Crippen LogP contribution >= 0.6 is 23.2 Å². The molecule has 0 radical (unpaired) electrons. The average molecular weight is 205 g/mol. The molecule has 1 rings (SSSR count). The molecular formula is C6H6Cl2N4. The lowest BCUT2D eigenvalue weighted by atomic mass is 10.5. The Morgan fingerprint density at radius 1 is 1.33 bits per heavy atom. The van der Waals surface area contributed by atoms with E-state index in [1.807, 2.05) is 0 Å². The molecule has 0 unspecified atom stereocenters. The Morgan fingerprint density at radius 2 is 1.92 bits per heavy atom. The fourth-order valence-corrected chi connectivity index (χ4v) is 1.03. The van der Waals surface area contributed by atoms with Crippen LogP contribution < -0.4 is 5.32 Å². The number of nitrogens with one attached hydrogen (secondary N) is 1. The van der Waals surface area contributed by atoms with Crippen LogP contribution in [-0.4, -0.2) is 22.0 Å². The smallest absolute Gasteiger partial charge is 0.179 e. The molecule has 6 heteroatoms. The van der Waals surface area contributed by atoms with E-state index in [1.165, 1.54) is 0 Å². The first-order valence-corrected chi connectivity index (χ1v) is 3.90. The van der Waals surface area contributed by atoms with Gasteiger partial charge < -0.3 is 5.32 Å². The van der Waals surface area contributed by atoms with Crippen LogP contribution in [0.15, 0.2) is 12.7 Å². The van der Waals surface area contributed by atoms with Gasteiger partial charge in [-0.25, -0.2) is 0 Å². The van der Waals surface area contributed by atoms with Gasteiger partial charge in [0.15, 0.2) is 10.3 Å². The van der Waals surface area contributed by atoms with E-state index in [2.05, 4.69) is 27.3 Å².